The molecule has 1 amide bonds. The predicted molar refractivity (Wildman–Crippen MR) is 95.5 cm³/mol. The highest BCUT2D eigenvalue weighted by Crippen LogP contribution is 2.31. The lowest BCUT2D eigenvalue weighted by Crippen LogP contribution is -2.35. The van der Waals surface area contributed by atoms with E-state index in [1.807, 2.05) is 24.4 Å². The van der Waals surface area contributed by atoms with Crippen LogP contribution in [0.3, 0.4) is 0 Å². The van der Waals surface area contributed by atoms with Gasteiger partial charge >= 0.3 is 0 Å². The second-order valence-electron chi connectivity index (χ2n) is 5.34. The van der Waals surface area contributed by atoms with Crippen molar-refractivity contribution in [2.45, 2.75) is 32.2 Å². The zero-order valence-corrected chi connectivity index (χ0v) is 14.5. The van der Waals surface area contributed by atoms with E-state index in [2.05, 4.69) is 16.4 Å². The number of halogens is 1. The number of fused-ring (bicyclic) bond motifs is 1. The maximum atomic E-state index is 11.9. The van der Waals surface area contributed by atoms with Crippen molar-refractivity contribution in [3.8, 4) is 17.0 Å². The number of carbonyl (C=O) groups excluding carboxylic acids is 1. The van der Waals surface area contributed by atoms with Crippen molar-refractivity contribution in [1.29, 1.82) is 0 Å². The molecule has 0 saturated heterocycles. The van der Waals surface area contributed by atoms with E-state index in [0.29, 0.717) is 11.6 Å². The van der Waals surface area contributed by atoms with Gasteiger partial charge in [0.1, 0.15) is 5.75 Å². The number of benzene rings is 1. The summed E-state index contributed by atoms with van der Waals surface area (Å²) in [6, 6.07) is 5.60. The molecule has 1 aromatic carbocycles. The van der Waals surface area contributed by atoms with Crippen molar-refractivity contribution >= 4 is 34.8 Å². The average molecular weight is 354 g/mol. The first-order valence-corrected chi connectivity index (χ1v) is 8.33. The third-order valence-corrected chi connectivity index (χ3v) is 4.41. The van der Waals surface area contributed by atoms with Crippen molar-refractivity contribution in [2.24, 2.45) is 5.73 Å². The van der Waals surface area contributed by atoms with Gasteiger partial charge in [0.05, 0.1) is 18.3 Å². The summed E-state index contributed by atoms with van der Waals surface area (Å²) < 4.78 is 5.51. The van der Waals surface area contributed by atoms with Gasteiger partial charge in [-0.1, -0.05) is 13.3 Å². The summed E-state index contributed by atoms with van der Waals surface area (Å²) in [5.74, 6) is 0.781. The molecule has 3 N–H and O–H groups in total. The molecule has 7 heteroatoms. The lowest BCUT2D eigenvalue weighted by Gasteiger charge is -2.08. The normalized spacial score (nSPS) is 13.7. The second kappa shape index (κ2) is 7.77. The number of amides is 1. The largest absolute Gasteiger partial charge is 0.493 e. The van der Waals surface area contributed by atoms with E-state index in [1.165, 1.54) is 16.9 Å². The predicted octanol–water partition coefficient (Wildman–Crippen LogP) is 3.23. The summed E-state index contributed by atoms with van der Waals surface area (Å²) in [5, 5.41) is 5.32. The summed E-state index contributed by atoms with van der Waals surface area (Å²) in [6.07, 6.45) is 2.49. The van der Waals surface area contributed by atoms with Crippen LogP contribution in [0.1, 0.15) is 25.3 Å². The van der Waals surface area contributed by atoms with Crippen LogP contribution in [0.4, 0.5) is 5.13 Å². The number of nitrogens with one attached hydrogen (secondary N) is 1. The highest BCUT2D eigenvalue weighted by molar-refractivity contribution is 7.14. The van der Waals surface area contributed by atoms with E-state index < -0.39 is 6.04 Å². The Labute approximate surface area is 145 Å². The fourth-order valence-corrected chi connectivity index (χ4v) is 3.17. The van der Waals surface area contributed by atoms with E-state index in [1.54, 1.807) is 0 Å². The molecule has 1 aromatic heterocycles. The zero-order chi connectivity index (χ0) is 15.5. The van der Waals surface area contributed by atoms with Crippen molar-refractivity contribution in [3.05, 3.63) is 29.1 Å². The van der Waals surface area contributed by atoms with Crippen LogP contribution in [0.2, 0.25) is 0 Å². The summed E-state index contributed by atoms with van der Waals surface area (Å²) in [5.41, 5.74) is 8.92. The molecular weight excluding hydrogens is 334 g/mol. The minimum atomic E-state index is -0.477. The first-order chi connectivity index (χ1) is 10.7. The number of carbonyl (C=O) groups is 1. The Bertz CT molecular complexity index is 690. The Hall–Kier alpha value is -1.63. The van der Waals surface area contributed by atoms with Gasteiger partial charge in [0.15, 0.2) is 5.13 Å². The molecule has 2 heterocycles. The van der Waals surface area contributed by atoms with Gasteiger partial charge in [0.2, 0.25) is 5.91 Å². The van der Waals surface area contributed by atoms with E-state index in [0.717, 1.165) is 36.5 Å². The molecule has 23 heavy (non-hydrogen) atoms. The van der Waals surface area contributed by atoms with Gasteiger partial charge in [-0.15, -0.1) is 23.7 Å². The van der Waals surface area contributed by atoms with Crippen molar-refractivity contribution in [3.63, 3.8) is 0 Å². The highest BCUT2D eigenvalue weighted by atomic mass is 35.5. The summed E-state index contributed by atoms with van der Waals surface area (Å²) >= 11 is 1.41. The van der Waals surface area contributed by atoms with Crippen LogP contribution in [-0.2, 0) is 11.2 Å². The SMILES string of the molecule is CCCC(N)C(=O)Nc1nc(-c2ccc3c(c2)CCO3)cs1.Cl. The quantitative estimate of drug-likeness (QED) is 0.865. The summed E-state index contributed by atoms with van der Waals surface area (Å²) in [6.45, 7) is 2.75. The van der Waals surface area contributed by atoms with Gasteiger partial charge in [0.25, 0.3) is 0 Å². The van der Waals surface area contributed by atoms with Crippen molar-refractivity contribution in [2.75, 3.05) is 11.9 Å². The molecule has 1 aliphatic rings. The Kier molecular flexibility index (Phi) is 5.98. The topological polar surface area (TPSA) is 77.2 Å². The number of nitrogens with zero attached hydrogens (tertiary/aromatic N) is 1. The number of thiazole rings is 1. The van der Waals surface area contributed by atoms with E-state index >= 15 is 0 Å². The molecule has 0 aliphatic carbocycles. The molecule has 0 bridgehead atoms. The Morgan fingerprint density at radius 2 is 2.35 bits per heavy atom. The number of ether oxygens (including phenoxy) is 1. The lowest BCUT2D eigenvalue weighted by atomic mass is 10.1. The van der Waals surface area contributed by atoms with Crippen LogP contribution in [-0.4, -0.2) is 23.5 Å². The molecule has 0 radical (unpaired) electrons. The molecular formula is C16H20ClN3O2S. The third kappa shape index (κ3) is 4.02. The average Bonchev–Trinajstić information content (AvgIpc) is 3.15. The third-order valence-electron chi connectivity index (χ3n) is 3.66. The van der Waals surface area contributed by atoms with Crippen molar-refractivity contribution < 1.29 is 9.53 Å². The number of hydrogen-bond acceptors (Lipinski definition) is 5. The highest BCUT2D eigenvalue weighted by Gasteiger charge is 2.16. The minimum Gasteiger partial charge on any atom is -0.493 e. The minimum absolute atomic E-state index is 0. The van der Waals surface area contributed by atoms with Crippen LogP contribution >= 0.6 is 23.7 Å². The summed E-state index contributed by atoms with van der Waals surface area (Å²) in [4.78, 5) is 16.4. The van der Waals surface area contributed by atoms with Crippen LogP contribution < -0.4 is 15.8 Å². The van der Waals surface area contributed by atoms with E-state index in [4.69, 9.17) is 10.5 Å². The Balaban J connectivity index is 0.00000192. The van der Waals surface area contributed by atoms with Crippen LogP contribution in [0.5, 0.6) is 5.75 Å². The molecule has 1 unspecified atom stereocenters. The van der Waals surface area contributed by atoms with Gasteiger partial charge in [0, 0.05) is 17.4 Å². The molecule has 0 spiro atoms. The first-order valence-electron chi connectivity index (χ1n) is 7.45. The number of rotatable bonds is 5. The first kappa shape index (κ1) is 17.7. The van der Waals surface area contributed by atoms with Crippen LogP contribution in [0.15, 0.2) is 23.6 Å². The molecule has 2 aromatic rings. The fraction of sp³-hybridized carbons (Fsp3) is 0.375. The van der Waals surface area contributed by atoms with Crippen molar-refractivity contribution in [1.82, 2.24) is 4.98 Å². The lowest BCUT2D eigenvalue weighted by molar-refractivity contribution is -0.117. The molecule has 0 fully saturated rings. The fourth-order valence-electron chi connectivity index (χ4n) is 2.45. The standard InChI is InChI=1S/C16H19N3O2S.ClH/c1-2-3-12(17)15(20)19-16-18-13(9-22-16)10-4-5-14-11(8-10)6-7-21-14;/h4-5,8-9,12H,2-3,6-7,17H2,1H3,(H,18,19,20);1H. The van der Waals surface area contributed by atoms with Crippen LogP contribution in [0, 0.1) is 0 Å². The number of nitrogens with two attached hydrogens (primary N) is 1. The molecule has 3 rings (SSSR count). The molecule has 5 nitrogen and oxygen atoms in total. The van der Waals surface area contributed by atoms with Gasteiger partial charge in [-0.25, -0.2) is 4.98 Å². The molecule has 124 valence electrons. The number of aromatic nitrogens is 1. The maximum Gasteiger partial charge on any atom is 0.243 e. The van der Waals surface area contributed by atoms with E-state index in [-0.39, 0.29) is 18.3 Å². The Morgan fingerprint density at radius 3 is 3.13 bits per heavy atom. The smallest absolute Gasteiger partial charge is 0.243 e. The van der Waals surface area contributed by atoms with Gasteiger partial charge in [-0.05, 0) is 30.2 Å². The molecule has 1 aliphatic heterocycles. The van der Waals surface area contributed by atoms with E-state index in [9.17, 15) is 4.79 Å². The van der Waals surface area contributed by atoms with Crippen LogP contribution in [0.25, 0.3) is 11.3 Å². The molecule has 1 atom stereocenters. The maximum absolute atomic E-state index is 11.9. The zero-order valence-electron chi connectivity index (χ0n) is 12.9. The van der Waals surface area contributed by atoms with Gasteiger partial charge < -0.3 is 15.8 Å². The van der Waals surface area contributed by atoms with Gasteiger partial charge in [-0.3, -0.25) is 4.79 Å². The Morgan fingerprint density at radius 1 is 1.52 bits per heavy atom. The number of hydrogen-bond donors (Lipinski definition) is 2. The molecule has 0 saturated carbocycles. The van der Waals surface area contributed by atoms with Gasteiger partial charge in [-0.2, -0.15) is 0 Å². The summed E-state index contributed by atoms with van der Waals surface area (Å²) in [7, 11) is 0. The monoisotopic (exact) mass is 353 g/mol. The second-order valence-corrected chi connectivity index (χ2v) is 6.20. The number of anilines is 1.